The number of alkyl halides is 3. The number of aromatic amines is 1. The number of carbonyl (C=O) groups is 1. The Morgan fingerprint density at radius 1 is 1.37 bits per heavy atom. The van der Waals surface area contributed by atoms with Gasteiger partial charge in [0.2, 0.25) is 5.91 Å². The number of carbonyl (C=O) groups excluding carboxylic acids is 1. The number of nitrogens with zero attached hydrogens (tertiary/aromatic N) is 2. The topological polar surface area (TPSA) is 100 Å². The van der Waals surface area contributed by atoms with Gasteiger partial charge in [0.05, 0.1) is 30.1 Å². The normalized spacial score (nSPS) is 11.6. The van der Waals surface area contributed by atoms with Crippen LogP contribution in [0.25, 0.3) is 11.0 Å². The summed E-state index contributed by atoms with van der Waals surface area (Å²) in [4.78, 5) is 22.2. The first kappa shape index (κ1) is 18.8. The van der Waals surface area contributed by atoms with Crippen molar-refractivity contribution in [1.82, 2.24) is 15.0 Å². The van der Waals surface area contributed by atoms with Crippen molar-refractivity contribution < 1.29 is 27.8 Å². The number of hydrogen-bond donors (Lipinski definition) is 3. The molecule has 7 nitrogen and oxygen atoms in total. The third-order valence-electron chi connectivity index (χ3n) is 3.44. The minimum atomic E-state index is -4.55. The molecule has 0 radical (unpaired) electrons. The van der Waals surface area contributed by atoms with E-state index in [1.54, 1.807) is 6.07 Å². The number of imidazole rings is 1. The van der Waals surface area contributed by atoms with Crippen LogP contribution in [0.1, 0.15) is 5.69 Å². The maximum absolute atomic E-state index is 12.7. The lowest BCUT2D eigenvalue weighted by Crippen LogP contribution is -2.14. The predicted octanol–water partition coefficient (Wildman–Crippen LogP) is 3.42. The maximum atomic E-state index is 12.7. The molecule has 3 N–H and O–H groups in total. The predicted molar refractivity (Wildman–Crippen MR) is 92.9 cm³/mol. The molecule has 0 atom stereocenters. The van der Waals surface area contributed by atoms with Crippen LogP contribution in [0.3, 0.4) is 0 Å². The number of aromatic nitrogens is 3. The molecule has 1 amide bonds. The van der Waals surface area contributed by atoms with Gasteiger partial charge in [0, 0.05) is 11.8 Å². The van der Waals surface area contributed by atoms with Crippen LogP contribution in [0.4, 0.5) is 18.9 Å². The average molecular weight is 398 g/mol. The number of H-pyrrole nitrogens is 1. The number of halogens is 3. The van der Waals surface area contributed by atoms with Crippen LogP contribution >= 0.6 is 11.8 Å². The monoisotopic (exact) mass is 398 g/mol. The highest BCUT2D eigenvalue weighted by molar-refractivity contribution is 7.99. The molecule has 2 aromatic heterocycles. The first-order valence-corrected chi connectivity index (χ1v) is 8.47. The van der Waals surface area contributed by atoms with Gasteiger partial charge in [-0.05, 0) is 18.2 Å². The van der Waals surface area contributed by atoms with Crippen LogP contribution in [0, 0.1) is 0 Å². The number of benzene rings is 1. The summed E-state index contributed by atoms with van der Waals surface area (Å²) < 4.78 is 42.9. The molecule has 0 saturated carbocycles. The molecule has 142 valence electrons. The number of thioether (sulfide) groups is 1. The Balaban J connectivity index is 1.64. The van der Waals surface area contributed by atoms with E-state index in [0.717, 1.165) is 24.0 Å². The number of hydrogen-bond acceptors (Lipinski definition) is 6. The number of fused-ring (bicyclic) bond motifs is 1. The van der Waals surface area contributed by atoms with Gasteiger partial charge in [-0.25, -0.2) is 9.97 Å². The minimum absolute atomic E-state index is 0.0355. The zero-order valence-electron chi connectivity index (χ0n) is 13.8. The highest BCUT2D eigenvalue weighted by atomic mass is 32.2. The van der Waals surface area contributed by atoms with Gasteiger partial charge in [-0.15, -0.1) is 0 Å². The fourth-order valence-corrected chi connectivity index (χ4v) is 2.89. The Morgan fingerprint density at radius 2 is 2.15 bits per heavy atom. The van der Waals surface area contributed by atoms with Crippen molar-refractivity contribution in [3.8, 4) is 11.5 Å². The molecule has 1 aromatic carbocycles. The van der Waals surface area contributed by atoms with E-state index in [4.69, 9.17) is 4.74 Å². The number of rotatable bonds is 5. The van der Waals surface area contributed by atoms with Crippen LogP contribution in [-0.4, -0.2) is 38.8 Å². The van der Waals surface area contributed by atoms with Gasteiger partial charge in [-0.3, -0.25) is 4.79 Å². The van der Waals surface area contributed by atoms with E-state index in [9.17, 15) is 23.1 Å². The van der Waals surface area contributed by atoms with Gasteiger partial charge >= 0.3 is 6.18 Å². The maximum Gasteiger partial charge on any atom is 0.433 e. The van der Waals surface area contributed by atoms with Gasteiger partial charge in [0.25, 0.3) is 0 Å². The molecule has 0 aliphatic heterocycles. The Hall–Kier alpha value is -2.95. The van der Waals surface area contributed by atoms with Crippen molar-refractivity contribution in [3.63, 3.8) is 0 Å². The molecule has 0 aliphatic rings. The third kappa shape index (κ3) is 4.42. The summed E-state index contributed by atoms with van der Waals surface area (Å²) in [5, 5.41) is 12.6. The number of aromatic hydroxyl groups is 1. The number of pyridine rings is 1. The number of amides is 1. The summed E-state index contributed by atoms with van der Waals surface area (Å²) in [7, 11) is 1.41. The van der Waals surface area contributed by atoms with Crippen molar-refractivity contribution in [2.45, 2.75) is 11.3 Å². The van der Waals surface area contributed by atoms with Crippen LogP contribution in [-0.2, 0) is 11.0 Å². The van der Waals surface area contributed by atoms with Crippen molar-refractivity contribution >= 4 is 34.4 Å². The summed E-state index contributed by atoms with van der Waals surface area (Å²) in [6, 6.07) is 5.25. The summed E-state index contributed by atoms with van der Waals surface area (Å²) in [5.41, 5.74) is -0.205. The Labute approximate surface area is 155 Å². The molecule has 0 fully saturated rings. The van der Waals surface area contributed by atoms with E-state index in [2.05, 4.69) is 20.3 Å². The van der Waals surface area contributed by atoms with Gasteiger partial charge in [0.1, 0.15) is 5.69 Å². The number of phenolic OH excluding ortho intramolecular Hbond substituents is 1. The van der Waals surface area contributed by atoms with Crippen LogP contribution in [0.15, 0.2) is 35.6 Å². The van der Waals surface area contributed by atoms with Crippen LogP contribution in [0.5, 0.6) is 11.5 Å². The number of phenols is 1. The molecule has 0 saturated heterocycles. The quantitative estimate of drug-likeness (QED) is 0.570. The Morgan fingerprint density at radius 3 is 2.81 bits per heavy atom. The van der Waals surface area contributed by atoms with E-state index in [1.807, 2.05) is 0 Å². The van der Waals surface area contributed by atoms with E-state index in [0.29, 0.717) is 16.4 Å². The lowest BCUT2D eigenvalue weighted by atomic mass is 10.3. The average Bonchev–Trinajstić information content (AvgIpc) is 3.01. The lowest BCUT2D eigenvalue weighted by Gasteiger charge is -2.07. The first-order chi connectivity index (χ1) is 12.8. The standard InChI is InChI=1S/C16H13F3N4O3S/c1-26-12-3-2-8(4-11(12)24)21-14(25)7-27-15-22-9-5-13(16(17,18)19)20-6-10(9)23-15/h2-6,24H,7H2,1H3,(H,21,25)(H,22,23). The minimum Gasteiger partial charge on any atom is -0.504 e. The summed E-state index contributed by atoms with van der Waals surface area (Å²) in [5.74, 6) is -0.254. The number of methoxy groups -OCH3 is 1. The Kier molecular flexibility index (Phi) is 5.13. The third-order valence-corrected chi connectivity index (χ3v) is 4.31. The van der Waals surface area contributed by atoms with Crippen molar-refractivity contribution in [2.75, 3.05) is 18.2 Å². The lowest BCUT2D eigenvalue weighted by molar-refractivity contribution is -0.141. The fourth-order valence-electron chi connectivity index (χ4n) is 2.21. The molecule has 0 spiro atoms. The highest BCUT2D eigenvalue weighted by Crippen LogP contribution is 2.30. The molecule has 11 heteroatoms. The first-order valence-electron chi connectivity index (χ1n) is 7.49. The van der Waals surface area contributed by atoms with E-state index in [-0.39, 0.29) is 28.7 Å². The molecule has 3 rings (SSSR count). The molecule has 2 heterocycles. The molecule has 27 heavy (non-hydrogen) atoms. The van der Waals surface area contributed by atoms with Crippen molar-refractivity contribution in [3.05, 3.63) is 36.2 Å². The van der Waals surface area contributed by atoms with E-state index < -0.39 is 11.9 Å². The molecule has 3 aromatic rings. The molecular weight excluding hydrogens is 385 g/mol. The summed E-state index contributed by atoms with van der Waals surface area (Å²) in [6.45, 7) is 0. The van der Waals surface area contributed by atoms with Crippen LogP contribution < -0.4 is 10.1 Å². The van der Waals surface area contributed by atoms with Gasteiger partial charge < -0.3 is 20.1 Å². The molecule has 0 unspecified atom stereocenters. The Bertz CT molecular complexity index is 991. The summed E-state index contributed by atoms with van der Waals surface area (Å²) >= 11 is 1.02. The van der Waals surface area contributed by atoms with Gasteiger partial charge in [-0.2, -0.15) is 13.2 Å². The second-order valence-electron chi connectivity index (χ2n) is 5.35. The zero-order valence-corrected chi connectivity index (χ0v) is 14.6. The van der Waals surface area contributed by atoms with Crippen molar-refractivity contribution in [2.24, 2.45) is 0 Å². The largest absolute Gasteiger partial charge is 0.504 e. The van der Waals surface area contributed by atoms with Gasteiger partial charge in [-0.1, -0.05) is 11.8 Å². The summed E-state index contributed by atoms with van der Waals surface area (Å²) in [6.07, 6.45) is -3.50. The fraction of sp³-hybridized carbons (Fsp3) is 0.188. The zero-order chi connectivity index (χ0) is 19.6. The van der Waals surface area contributed by atoms with Gasteiger partial charge in [0.15, 0.2) is 16.7 Å². The second kappa shape index (κ2) is 7.35. The molecule has 0 aliphatic carbocycles. The van der Waals surface area contributed by atoms with E-state index >= 15 is 0 Å². The molecular formula is C16H13F3N4O3S. The smallest absolute Gasteiger partial charge is 0.433 e. The second-order valence-corrected chi connectivity index (χ2v) is 6.31. The number of anilines is 1. The SMILES string of the molecule is COc1ccc(NC(=O)CSc2nc3cc(C(F)(F)F)ncc3[nH]2)cc1O. The number of nitrogens with one attached hydrogen (secondary N) is 2. The number of ether oxygens (including phenoxy) is 1. The van der Waals surface area contributed by atoms with E-state index in [1.165, 1.54) is 19.2 Å². The van der Waals surface area contributed by atoms with Crippen LogP contribution in [0.2, 0.25) is 0 Å². The highest BCUT2D eigenvalue weighted by Gasteiger charge is 2.32. The molecule has 0 bridgehead atoms. The van der Waals surface area contributed by atoms with Crippen molar-refractivity contribution in [1.29, 1.82) is 0 Å².